The molecule has 1 unspecified atom stereocenters. The van der Waals surface area contributed by atoms with Crippen LogP contribution in [0.15, 0.2) is 22.5 Å². The molecule has 1 aromatic heterocycles. The first kappa shape index (κ1) is 23.1. The van der Waals surface area contributed by atoms with Crippen molar-refractivity contribution in [1.82, 2.24) is 10.2 Å². The van der Waals surface area contributed by atoms with Crippen molar-refractivity contribution in [3.8, 4) is 0 Å². The van der Waals surface area contributed by atoms with Gasteiger partial charge in [0.05, 0.1) is 24.8 Å². The second-order valence-electron chi connectivity index (χ2n) is 6.25. The van der Waals surface area contributed by atoms with Crippen molar-refractivity contribution in [2.75, 3.05) is 28.7 Å². The number of nitrogens with zero attached hydrogens (tertiary/aromatic N) is 3. The molecule has 2 aromatic rings. The maximum Gasteiger partial charge on any atom is 0.316 e. The molecule has 0 bridgehead atoms. The number of carbonyl (C=O) groups excluding carboxylic acids is 2. The number of hydrogen-bond acceptors (Lipinski definition) is 9. The molecule has 12 heteroatoms. The summed E-state index contributed by atoms with van der Waals surface area (Å²) in [5.41, 5.74) is 2.06. The van der Waals surface area contributed by atoms with Crippen molar-refractivity contribution in [1.29, 1.82) is 0 Å². The molecule has 0 fully saturated rings. The minimum Gasteiger partial charge on any atom is -0.468 e. The summed E-state index contributed by atoms with van der Waals surface area (Å²) < 4.78 is 31.0. The summed E-state index contributed by atoms with van der Waals surface area (Å²) in [6, 6.07) is 4.40. The van der Waals surface area contributed by atoms with Crippen LogP contribution in [0.2, 0.25) is 0 Å². The molecule has 0 aliphatic heterocycles. The number of rotatable bonds is 8. The van der Waals surface area contributed by atoms with E-state index in [1.54, 1.807) is 13.0 Å². The monoisotopic (exact) mass is 458 g/mol. The van der Waals surface area contributed by atoms with Gasteiger partial charge in [0.1, 0.15) is 6.04 Å². The van der Waals surface area contributed by atoms with E-state index in [1.807, 2.05) is 19.1 Å². The van der Waals surface area contributed by atoms with Crippen LogP contribution < -0.4 is 9.62 Å². The summed E-state index contributed by atoms with van der Waals surface area (Å²) in [4.78, 5) is 23.9. The maximum atomic E-state index is 12.7. The summed E-state index contributed by atoms with van der Waals surface area (Å²) in [7, 11) is -2.43. The number of ether oxygens (including phenoxy) is 1. The van der Waals surface area contributed by atoms with Crippen LogP contribution in [-0.4, -0.2) is 55.7 Å². The molecular weight excluding hydrogens is 436 g/mol. The summed E-state index contributed by atoms with van der Waals surface area (Å²) >= 11 is 2.22. The first-order valence-corrected chi connectivity index (χ1v) is 12.1. The van der Waals surface area contributed by atoms with Crippen molar-refractivity contribution in [2.45, 2.75) is 31.2 Å². The molecule has 0 radical (unpaired) electrons. The van der Waals surface area contributed by atoms with Crippen LogP contribution in [-0.2, 0) is 24.3 Å². The molecule has 1 N–H and O–H groups in total. The van der Waals surface area contributed by atoms with E-state index in [0.717, 1.165) is 44.8 Å². The van der Waals surface area contributed by atoms with Crippen molar-refractivity contribution in [3.63, 3.8) is 0 Å². The highest BCUT2D eigenvalue weighted by molar-refractivity contribution is 8.01. The zero-order valence-electron chi connectivity index (χ0n) is 16.6. The number of carbonyl (C=O) groups is 2. The maximum absolute atomic E-state index is 12.7. The molecular formula is C17H22N4O5S3. The smallest absolute Gasteiger partial charge is 0.316 e. The lowest BCUT2D eigenvalue weighted by molar-refractivity contribution is -0.137. The highest BCUT2D eigenvalue weighted by Crippen LogP contribution is 2.28. The van der Waals surface area contributed by atoms with Gasteiger partial charge in [-0.1, -0.05) is 35.2 Å². The van der Waals surface area contributed by atoms with E-state index in [-0.39, 0.29) is 10.9 Å². The van der Waals surface area contributed by atoms with E-state index >= 15 is 0 Å². The highest BCUT2D eigenvalue weighted by Gasteiger charge is 2.30. The van der Waals surface area contributed by atoms with Gasteiger partial charge in [-0.2, -0.15) is 0 Å². The van der Waals surface area contributed by atoms with Gasteiger partial charge in [0.2, 0.25) is 21.1 Å². The normalized spacial score (nSPS) is 12.3. The van der Waals surface area contributed by atoms with E-state index in [9.17, 15) is 18.0 Å². The largest absolute Gasteiger partial charge is 0.468 e. The predicted molar refractivity (Wildman–Crippen MR) is 114 cm³/mol. The number of esters is 1. The molecule has 0 aliphatic rings. The zero-order chi connectivity index (χ0) is 21.8. The van der Waals surface area contributed by atoms with Gasteiger partial charge in [-0.15, -0.1) is 10.2 Å². The Morgan fingerprint density at radius 1 is 1.31 bits per heavy atom. The Morgan fingerprint density at radius 3 is 2.62 bits per heavy atom. The SMILES string of the molecule is COC(=O)CSc1nnc(NC(=O)C(C)N(c2cc(C)ccc2C)S(C)(=O)=O)s1. The molecule has 1 amide bonds. The van der Waals surface area contributed by atoms with Crippen LogP contribution >= 0.6 is 23.1 Å². The van der Waals surface area contributed by atoms with Crippen LogP contribution in [0.1, 0.15) is 18.1 Å². The van der Waals surface area contributed by atoms with Gasteiger partial charge < -0.3 is 4.74 Å². The van der Waals surface area contributed by atoms with E-state index < -0.39 is 27.9 Å². The Balaban J connectivity index is 2.19. The Morgan fingerprint density at radius 2 is 2.00 bits per heavy atom. The molecule has 0 saturated heterocycles. The number of methoxy groups -OCH3 is 1. The fraction of sp³-hybridized carbons (Fsp3) is 0.412. The average molecular weight is 459 g/mol. The third-order valence-corrected chi connectivity index (χ3v) is 7.04. The second kappa shape index (κ2) is 9.55. The predicted octanol–water partition coefficient (Wildman–Crippen LogP) is 2.21. The van der Waals surface area contributed by atoms with Gasteiger partial charge in [-0.25, -0.2) is 8.42 Å². The van der Waals surface area contributed by atoms with E-state index in [2.05, 4.69) is 20.3 Å². The topological polar surface area (TPSA) is 119 Å². The number of anilines is 2. The van der Waals surface area contributed by atoms with Gasteiger partial charge >= 0.3 is 5.97 Å². The Bertz CT molecular complexity index is 1010. The molecule has 1 heterocycles. The van der Waals surface area contributed by atoms with Crippen molar-refractivity contribution < 1.29 is 22.7 Å². The number of hydrogen-bond donors (Lipinski definition) is 1. The van der Waals surface area contributed by atoms with Crippen molar-refractivity contribution in [3.05, 3.63) is 29.3 Å². The number of aromatic nitrogens is 2. The summed E-state index contributed by atoms with van der Waals surface area (Å²) in [5.74, 6) is -0.872. The Labute approximate surface area is 177 Å². The molecule has 9 nitrogen and oxygen atoms in total. The molecule has 158 valence electrons. The first-order valence-electron chi connectivity index (χ1n) is 8.43. The molecule has 29 heavy (non-hydrogen) atoms. The number of benzene rings is 1. The Hall–Kier alpha value is -2.18. The summed E-state index contributed by atoms with van der Waals surface area (Å²) in [6.45, 7) is 5.14. The molecule has 1 aromatic carbocycles. The van der Waals surface area contributed by atoms with Crippen LogP contribution in [0.4, 0.5) is 10.8 Å². The number of nitrogens with one attached hydrogen (secondary N) is 1. The van der Waals surface area contributed by atoms with E-state index in [4.69, 9.17) is 0 Å². The fourth-order valence-corrected chi connectivity index (χ4v) is 5.26. The van der Waals surface area contributed by atoms with Gasteiger partial charge in [-0.3, -0.25) is 19.2 Å². The lowest BCUT2D eigenvalue weighted by Crippen LogP contribution is -2.45. The van der Waals surface area contributed by atoms with E-state index in [1.165, 1.54) is 14.0 Å². The summed E-state index contributed by atoms with van der Waals surface area (Å²) in [5, 5.41) is 10.6. The molecule has 0 saturated carbocycles. The number of thioether (sulfide) groups is 1. The third-order valence-electron chi connectivity index (χ3n) is 3.87. The molecule has 2 rings (SSSR count). The second-order valence-corrected chi connectivity index (χ2v) is 10.3. The highest BCUT2D eigenvalue weighted by atomic mass is 32.2. The van der Waals surface area contributed by atoms with Gasteiger partial charge in [-0.05, 0) is 38.0 Å². The van der Waals surface area contributed by atoms with Crippen LogP contribution in [0.25, 0.3) is 0 Å². The third kappa shape index (κ3) is 6.15. The minimum absolute atomic E-state index is 0.0734. The summed E-state index contributed by atoms with van der Waals surface area (Å²) in [6.07, 6.45) is 1.06. The number of aryl methyl sites for hydroxylation is 2. The van der Waals surface area contributed by atoms with Crippen LogP contribution in [0, 0.1) is 13.8 Å². The molecule has 1 atom stereocenters. The van der Waals surface area contributed by atoms with Gasteiger partial charge in [0.15, 0.2) is 4.34 Å². The van der Waals surface area contributed by atoms with E-state index in [0.29, 0.717) is 10.0 Å². The molecule has 0 spiro atoms. The fourth-order valence-electron chi connectivity index (χ4n) is 2.45. The number of amides is 1. The lowest BCUT2D eigenvalue weighted by atomic mass is 10.1. The number of sulfonamides is 1. The van der Waals surface area contributed by atoms with Crippen molar-refractivity contribution >= 4 is 55.8 Å². The standard InChI is InChI=1S/C17H22N4O5S3/c1-10-6-7-11(2)13(8-10)21(29(5,24)25)12(3)15(23)18-16-19-20-17(28-16)27-9-14(22)26-4/h6-8,12H,9H2,1-5H3,(H,18,19,23). The van der Waals surface area contributed by atoms with Crippen LogP contribution in [0.3, 0.4) is 0 Å². The Kier molecular flexibility index (Phi) is 7.60. The zero-order valence-corrected chi connectivity index (χ0v) is 19.1. The van der Waals surface area contributed by atoms with Crippen molar-refractivity contribution in [2.24, 2.45) is 0 Å². The first-order chi connectivity index (χ1) is 13.5. The molecule has 0 aliphatic carbocycles. The van der Waals surface area contributed by atoms with Gasteiger partial charge in [0.25, 0.3) is 0 Å². The lowest BCUT2D eigenvalue weighted by Gasteiger charge is -2.29. The average Bonchev–Trinajstić information content (AvgIpc) is 3.08. The van der Waals surface area contributed by atoms with Gasteiger partial charge in [0, 0.05) is 0 Å². The van der Waals surface area contributed by atoms with Crippen LogP contribution in [0.5, 0.6) is 0 Å². The minimum atomic E-state index is -3.73. The quantitative estimate of drug-likeness (QED) is 0.363.